The Morgan fingerprint density at radius 2 is 2.32 bits per heavy atom. The van der Waals surface area contributed by atoms with E-state index in [-0.39, 0.29) is 6.10 Å². The lowest BCUT2D eigenvalue weighted by molar-refractivity contribution is -0.0284. The fourth-order valence-corrected chi connectivity index (χ4v) is 3.71. The molecule has 0 unspecified atom stereocenters. The van der Waals surface area contributed by atoms with Crippen molar-refractivity contribution in [1.82, 2.24) is 24.7 Å². The van der Waals surface area contributed by atoms with Gasteiger partial charge in [0.1, 0.15) is 23.9 Å². The second-order valence-corrected chi connectivity index (χ2v) is 6.57. The minimum absolute atomic E-state index is 0.0722. The van der Waals surface area contributed by atoms with Crippen LogP contribution in [0, 0.1) is 5.92 Å². The molecule has 0 amide bonds. The van der Waals surface area contributed by atoms with Gasteiger partial charge in [-0.15, -0.1) is 0 Å². The van der Waals surface area contributed by atoms with Gasteiger partial charge in [0.25, 0.3) is 0 Å². The minimum atomic E-state index is 0.0722. The van der Waals surface area contributed by atoms with Crippen LogP contribution in [0.1, 0.15) is 37.1 Å². The lowest BCUT2D eigenvalue weighted by Gasteiger charge is -2.32. The molecule has 0 bridgehead atoms. The Morgan fingerprint density at radius 1 is 1.40 bits per heavy atom. The highest BCUT2D eigenvalue weighted by Gasteiger charge is 2.29. The van der Waals surface area contributed by atoms with Gasteiger partial charge in [-0.25, -0.2) is 9.97 Å². The van der Waals surface area contributed by atoms with Gasteiger partial charge in [0.15, 0.2) is 0 Å². The molecule has 0 aliphatic carbocycles. The summed E-state index contributed by atoms with van der Waals surface area (Å²) in [5, 5.41) is 8.94. The molecule has 1 aliphatic rings. The molecule has 25 heavy (non-hydrogen) atoms. The van der Waals surface area contributed by atoms with Gasteiger partial charge < -0.3 is 15.0 Å². The molecule has 132 valence electrons. The number of rotatable bonds is 5. The summed E-state index contributed by atoms with van der Waals surface area (Å²) in [6.07, 6.45) is 8.70. The van der Waals surface area contributed by atoms with Crippen molar-refractivity contribution < 1.29 is 4.74 Å². The van der Waals surface area contributed by atoms with E-state index in [0.717, 1.165) is 55.0 Å². The molecule has 0 radical (unpaired) electrons. The van der Waals surface area contributed by atoms with Crippen LogP contribution in [-0.2, 0) is 18.2 Å². The van der Waals surface area contributed by atoms with E-state index >= 15 is 0 Å². The van der Waals surface area contributed by atoms with Gasteiger partial charge in [0.2, 0.25) is 0 Å². The molecule has 3 aromatic heterocycles. The maximum Gasteiger partial charge on any atom is 0.143 e. The van der Waals surface area contributed by atoms with Crippen LogP contribution >= 0.6 is 0 Å². The number of aryl methyl sites for hydroxylation is 2. The number of nitrogens with one attached hydrogen (secondary N) is 2. The summed E-state index contributed by atoms with van der Waals surface area (Å²) >= 11 is 0. The Bertz CT molecular complexity index is 854. The molecular formula is C18H24N6O. The Kier molecular flexibility index (Phi) is 4.40. The molecule has 0 spiro atoms. The first kappa shape index (κ1) is 16.1. The number of hydrogen-bond donors (Lipinski definition) is 2. The van der Waals surface area contributed by atoms with Crippen LogP contribution in [0.5, 0.6) is 0 Å². The van der Waals surface area contributed by atoms with Crippen molar-refractivity contribution in [3.63, 3.8) is 0 Å². The molecule has 0 saturated carbocycles. The number of nitrogens with zero attached hydrogens (tertiary/aromatic N) is 4. The van der Waals surface area contributed by atoms with E-state index in [9.17, 15) is 0 Å². The number of aromatic amines is 1. The topological polar surface area (TPSA) is 80.7 Å². The summed E-state index contributed by atoms with van der Waals surface area (Å²) < 4.78 is 7.99. The van der Waals surface area contributed by atoms with Crippen molar-refractivity contribution in [2.45, 2.75) is 32.3 Å². The fourth-order valence-electron chi connectivity index (χ4n) is 3.71. The summed E-state index contributed by atoms with van der Waals surface area (Å²) in [5.74, 6) is 1.29. The van der Waals surface area contributed by atoms with Crippen LogP contribution in [-0.4, -0.2) is 37.9 Å². The molecule has 2 atom stereocenters. The maximum absolute atomic E-state index is 6.08. The normalized spacial score (nSPS) is 20.9. The van der Waals surface area contributed by atoms with Crippen LogP contribution < -0.4 is 5.32 Å². The van der Waals surface area contributed by atoms with Crippen LogP contribution in [0.4, 0.5) is 5.82 Å². The third-order valence-electron chi connectivity index (χ3n) is 5.06. The van der Waals surface area contributed by atoms with Gasteiger partial charge >= 0.3 is 0 Å². The third kappa shape index (κ3) is 3.00. The Hall–Kier alpha value is -2.41. The molecule has 7 nitrogen and oxygen atoms in total. The SMILES string of the molecule is CCc1c[nH]c2ncnc(NC[C@@H]3CCCO[C@H]3c3ccnn3C)c12. The van der Waals surface area contributed by atoms with Crippen molar-refractivity contribution in [1.29, 1.82) is 0 Å². The van der Waals surface area contributed by atoms with Crippen LogP contribution in [0.15, 0.2) is 24.8 Å². The van der Waals surface area contributed by atoms with Crippen LogP contribution in [0.3, 0.4) is 0 Å². The van der Waals surface area contributed by atoms with E-state index in [1.165, 1.54) is 5.56 Å². The molecule has 1 saturated heterocycles. The molecule has 0 aromatic carbocycles. The number of aromatic nitrogens is 5. The second-order valence-electron chi connectivity index (χ2n) is 6.57. The first-order valence-corrected chi connectivity index (χ1v) is 8.92. The van der Waals surface area contributed by atoms with Crippen LogP contribution in [0.2, 0.25) is 0 Å². The summed E-state index contributed by atoms with van der Waals surface area (Å²) in [7, 11) is 1.97. The van der Waals surface area contributed by atoms with Crippen molar-refractivity contribution in [2.24, 2.45) is 13.0 Å². The number of H-pyrrole nitrogens is 1. The largest absolute Gasteiger partial charge is 0.372 e. The van der Waals surface area contributed by atoms with Gasteiger partial charge in [-0.1, -0.05) is 6.92 Å². The molecular weight excluding hydrogens is 316 g/mol. The Balaban J connectivity index is 1.56. The maximum atomic E-state index is 6.08. The molecule has 3 aromatic rings. The van der Waals surface area contributed by atoms with E-state index in [0.29, 0.717) is 5.92 Å². The zero-order valence-electron chi connectivity index (χ0n) is 14.7. The van der Waals surface area contributed by atoms with E-state index in [2.05, 4.69) is 32.3 Å². The number of hydrogen-bond acceptors (Lipinski definition) is 5. The Labute approximate surface area is 146 Å². The molecule has 2 N–H and O–H groups in total. The van der Waals surface area contributed by atoms with Gasteiger partial charge in [0, 0.05) is 38.5 Å². The molecule has 1 aliphatic heterocycles. The van der Waals surface area contributed by atoms with Crippen molar-refractivity contribution in [2.75, 3.05) is 18.5 Å². The number of anilines is 1. The average molecular weight is 340 g/mol. The first-order chi connectivity index (χ1) is 12.3. The van der Waals surface area contributed by atoms with E-state index in [1.807, 2.05) is 30.2 Å². The number of fused-ring (bicyclic) bond motifs is 1. The lowest BCUT2D eigenvalue weighted by atomic mass is 9.92. The average Bonchev–Trinajstić information content (AvgIpc) is 3.26. The van der Waals surface area contributed by atoms with E-state index < -0.39 is 0 Å². The summed E-state index contributed by atoms with van der Waals surface area (Å²) in [4.78, 5) is 12.0. The number of ether oxygens (including phenoxy) is 1. The van der Waals surface area contributed by atoms with Crippen molar-refractivity contribution >= 4 is 16.9 Å². The highest BCUT2D eigenvalue weighted by atomic mass is 16.5. The summed E-state index contributed by atoms with van der Waals surface area (Å²) in [6, 6.07) is 2.05. The summed E-state index contributed by atoms with van der Waals surface area (Å²) in [5.41, 5.74) is 3.26. The van der Waals surface area contributed by atoms with Gasteiger partial charge in [-0.05, 0) is 30.9 Å². The van der Waals surface area contributed by atoms with Gasteiger partial charge in [-0.3, -0.25) is 4.68 Å². The third-order valence-corrected chi connectivity index (χ3v) is 5.06. The monoisotopic (exact) mass is 340 g/mol. The molecule has 4 rings (SSSR count). The lowest BCUT2D eigenvalue weighted by Crippen LogP contribution is -2.29. The smallest absolute Gasteiger partial charge is 0.143 e. The highest BCUT2D eigenvalue weighted by Crippen LogP contribution is 2.34. The predicted octanol–water partition coefficient (Wildman–Crippen LogP) is 2.83. The zero-order valence-corrected chi connectivity index (χ0v) is 14.7. The summed E-state index contributed by atoms with van der Waals surface area (Å²) in [6.45, 7) is 3.77. The first-order valence-electron chi connectivity index (χ1n) is 8.92. The quantitative estimate of drug-likeness (QED) is 0.746. The standard InChI is InChI=1S/C18H24N6O/c1-3-12-9-19-17-15(12)18(22-11-21-17)20-10-13-5-4-8-25-16(13)14-6-7-23-24(14)2/h6-7,9,11,13,16H,3-5,8,10H2,1-2H3,(H2,19,20,21,22)/t13-,16+/m0/s1. The fraction of sp³-hybridized carbons (Fsp3) is 0.500. The predicted molar refractivity (Wildman–Crippen MR) is 96.4 cm³/mol. The molecule has 7 heteroatoms. The van der Waals surface area contributed by atoms with E-state index in [1.54, 1.807) is 6.33 Å². The zero-order chi connectivity index (χ0) is 17.2. The van der Waals surface area contributed by atoms with Gasteiger partial charge in [0.05, 0.1) is 11.1 Å². The van der Waals surface area contributed by atoms with Crippen LogP contribution in [0.25, 0.3) is 11.0 Å². The molecule has 4 heterocycles. The minimum Gasteiger partial charge on any atom is -0.372 e. The molecule has 1 fully saturated rings. The van der Waals surface area contributed by atoms with Crippen molar-refractivity contribution in [3.05, 3.63) is 36.0 Å². The Morgan fingerprint density at radius 3 is 3.12 bits per heavy atom. The van der Waals surface area contributed by atoms with Gasteiger partial charge in [-0.2, -0.15) is 5.10 Å². The van der Waals surface area contributed by atoms with E-state index in [4.69, 9.17) is 4.74 Å². The second kappa shape index (κ2) is 6.84. The highest BCUT2D eigenvalue weighted by molar-refractivity contribution is 5.90. The van der Waals surface area contributed by atoms with Crippen molar-refractivity contribution in [3.8, 4) is 0 Å².